The summed E-state index contributed by atoms with van der Waals surface area (Å²) < 4.78 is 13.4. The highest BCUT2D eigenvalue weighted by atomic mass is 79.9. The topological polar surface area (TPSA) is 99.0 Å². The number of imide groups is 1. The second-order valence-corrected chi connectivity index (χ2v) is 10.6. The van der Waals surface area contributed by atoms with Gasteiger partial charge >= 0.3 is 0 Å². The van der Waals surface area contributed by atoms with E-state index in [9.17, 15) is 19.7 Å². The third-order valence-corrected chi connectivity index (χ3v) is 7.42. The van der Waals surface area contributed by atoms with E-state index in [2.05, 4.69) is 31.9 Å². The third-order valence-electron chi connectivity index (χ3n) is 5.29. The molecule has 1 heterocycles. The fraction of sp³-hybridized carbons (Fsp3) is 0.154. The van der Waals surface area contributed by atoms with Crippen LogP contribution in [0.4, 0.5) is 10.5 Å². The molecule has 0 atom stereocenters. The molecule has 0 aromatic heterocycles. The number of carbonyl (C=O) groups is 2. The van der Waals surface area contributed by atoms with Gasteiger partial charge in [0.05, 0.1) is 23.0 Å². The summed E-state index contributed by atoms with van der Waals surface area (Å²) in [5.74, 6) is 0.569. The van der Waals surface area contributed by atoms with Gasteiger partial charge in [-0.25, -0.2) is 0 Å². The Morgan fingerprint density at radius 3 is 2.43 bits per heavy atom. The monoisotopic (exact) mass is 646 g/mol. The molecule has 2 amide bonds. The summed E-state index contributed by atoms with van der Waals surface area (Å²) in [7, 11) is 0. The van der Waals surface area contributed by atoms with Crippen molar-refractivity contribution in [1.82, 2.24) is 4.90 Å². The van der Waals surface area contributed by atoms with Crippen molar-refractivity contribution in [3.05, 3.63) is 101 Å². The molecule has 4 rings (SSSR count). The molecule has 1 aliphatic heterocycles. The Bertz CT molecular complexity index is 1390. The van der Waals surface area contributed by atoms with Gasteiger partial charge in [-0.15, -0.1) is 0 Å². The number of carbonyl (C=O) groups excluding carboxylic acids is 2. The first kappa shape index (κ1) is 26.9. The molecule has 0 radical (unpaired) electrons. The van der Waals surface area contributed by atoms with Gasteiger partial charge in [0.15, 0.2) is 11.5 Å². The van der Waals surface area contributed by atoms with Crippen molar-refractivity contribution in [2.24, 2.45) is 0 Å². The van der Waals surface area contributed by atoms with Gasteiger partial charge in [-0.1, -0.05) is 56.1 Å². The first-order valence-electron chi connectivity index (χ1n) is 11.1. The number of thioether (sulfide) groups is 1. The quantitative estimate of drug-likeness (QED) is 0.136. The number of hydrogen-bond acceptors (Lipinski definition) is 7. The first-order chi connectivity index (χ1) is 17.7. The van der Waals surface area contributed by atoms with Crippen molar-refractivity contribution in [2.45, 2.75) is 20.1 Å². The maximum atomic E-state index is 13.0. The second kappa shape index (κ2) is 11.9. The molecule has 190 valence electrons. The Kier molecular flexibility index (Phi) is 8.67. The zero-order valence-electron chi connectivity index (χ0n) is 19.5. The number of nitro benzene ring substituents is 1. The highest BCUT2D eigenvalue weighted by molar-refractivity contribution is 9.10. The van der Waals surface area contributed by atoms with Crippen LogP contribution in [0.2, 0.25) is 0 Å². The van der Waals surface area contributed by atoms with E-state index in [-0.39, 0.29) is 17.1 Å². The minimum atomic E-state index is -0.517. The molecule has 1 aliphatic rings. The predicted octanol–water partition coefficient (Wildman–Crippen LogP) is 7.33. The predicted molar refractivity (Wildman–Crippen MR) is 148 cm³/mol. The standard InChI is InChI=1S/C26H20Br2N2O6S/c1-2-35-22-11-18(21(28)13-23(22)36-15-16-6-8-19(27)9-7-16)12-24-25(31)29(26(32)37-24)14-17-4-3-5-20(10-17)30(33)34/h3-13H,2,14-15H2,1H3/b24-12+. The second-order valence-electron chi connectivity index (χ2n) is 7.86. The van der Waals surface area contributed by atoms with Gasteiger partial charge in [-0.05, 0) is 65.7 Å². The first-order valence-corrected chi connectivity index (χ1v) is 13.5. The third kappa shape index (κ3) is 6.60. The number of nitro groups is 1. The van der Waals surface area contributed by atoms with E-state index in [0.717, 1.165) is 26.7 Å². The molecule has 0 spiro atoms. The van der Waals surface area contributed by atoms with Gasteiger partial charge in [0.2, 0.25) is 0 Å². The minimum absolute atomic E-state index is 0.0577. The van der Waals surface area contributed by atoms with Crippen molar-refractivity contribution in [2.75, 3.05) is 6.61 Å². The Balaban J connectivity index is 1.54. The lowest BCUT2D eigenvalue weighted by Gasteiger charge is -2.14. The molecule has 3 aromatic rings. The summed E-state index contributed by atoms with van der Waals surface area (Å²) in [6.45, 7) is 2.56. The molecular formula is C26H20Br2N2O6S. The molecule has 8 nitrogen and oxygen atoms in total. The van der Waals surface area contributed by atoms with E-state index in [1.54, 1.807) is 24.3 Å². The normalized spacial score (nSPS) is 14.4. The average Bonchev–Trinajstić information content (AvgIpc) is 3.13. The summed E-state index contributed by atoms with van der Waals surface area (Å²) in [6, 6.07) is 17.2. The van der Waals surface area contributed by atoms with Crippen LogP contribution in [0.3, 0.4) is 0 Å². The molecule has 37 heavy (non-hydrogen) atoms. The molecule has 1 fully saturated rings. The van der Waals surface area contributed by atoms with Crippen LogP contribution in [-0.2, 0) is 17.9 Å². The van der Waals surface area contributed by atoms with Crippen molar-refractivity contribution in [3.63, 3.8) is 0 Å². The Labute approximate surface area is 234 Å². The van der Waals surface area contributed by atoms with Gasteiger partial charge < -0.3 is 9.47 Å². The van der Waals surface area contributed by atoms with Crippen LogP contribution in [0.5, 0.6) is 11.5 Å². The van der Waals surface area contributed by atoms with Crippen molar-refractivity contribution in [3.8, 4) is 11.5 Å². The molecule has 0 aliphatic carbocycles. The van der Waals surface area contributed by atoms with Gasteiger partial charge in [0.25, 0.3) is 16.8 Å². The average molecular weight is 648 g/mol. The summed E-state index contributed by atoms with van der Waals surface area (Å²) in [4.78, 5) is 37.5. The number of non-ortho nitro benzene ring substituents is 1. The highest BCUT2D eigenvalue weighted by Crippen LogP contribution is 2.39. The van der Waals surface area contributed by atoms with Gasteiger partial charge in [-0.2, -0.15) is 0 Å². The lowest BCUT2D eigenvalue weighted by atomic mass is 10.1. The number of nitrogens with zero attached hydrogens (tertiary/aromatic N) is 2. The maximum absolute atomic E-state index is 13.0. The molecular weight excluding hydrogens is 628 g/mol. The molecule has 1 saturated heterocycles. The molecule has 3 aromatic carbocycles. The summed E-state index contributed by atoms with van der Waals surface area (Å²) >= 11 is 7.76. The lowest BCUT2D eigenvalue weighted by molar-refractivity contribution is -0.384. The number of hydrogen-bond donors (Lipinski definition) is 0. The summed E-state index contributed by atoms with van der Waals surface area (Å²) in [6.07, 6.45) is 1.61. The molecule has 11 heteroatoms. The fourth-order valence-corrected chi connectivity index (χ4v) is 5.04. The minimum Gasteiger partial charge on any atom is -0.490 e. The Morgan fingerprint density at radius 2 is 1.73 bits per heavy atom. The van der Waals surface area contributed by atoms with Gasteiger partial charge in [0, 0.05) is 21.1 Å². The molecule has 0 unspecified atom stereocenters. The number of benzene rings is 3. The van der Waals surface area contributed by atoms with E-state index in [1.165, 1.54) is 18.2 Å². The molecule has 0 N–H and O–H groups in total. The van der Waals surface area contributed by atoms with E-state index < -0.39 is 16.1 Å². The van der Waals surface area contributed by atoms with E-state index >= 15 is 0 Å². The van der Waals surface area contributed by atoms with Crippen molar-refractivity contribution >= 4 is 66.5 Å². The maximum Gasteiger partial charge on any atom is 0.293 e. The fourth-order valence-electron chi connectivity index (χ4n) is 3.51. The zero-order valence-corrected chi connectivity index (χ0v) is 23.5. The van der Waals surface area contributed by atoms with E-state index in [4.69, 9.17) is 9.47 Å². The van der Waals surface area contributed by atoms with Crippen LogP contribution in [0.25, 0.3) is 6.08 Å². The van der Waals surface area contributed by atoms with Crippen LogP contribution in [0, 0.1) is 10.1 Å². The molecule has 0 saturated carbocycles. The van der Waals surface area contributed by atoms with Crippen LogP contribution in [-0.4, -0.2) is 27.6 Å². The van der Waals surface area contributed by atoms with Gasteiger partial charge in [-0.3, -0.25) is 24.6 Å². The largest absolute Gasteiger partial charge is 0.490 e. The van der Waals surface area contributed by atoms with Crippen LogP contribution >= 0.6 is 43.6 Å². The van der Waals surface area contributed by atoms with Crippen LogP contribution in [0.15, 0.2) is 74.5 Å². The lowest BCUT2D eigenvalue weighted by Crippen LogP contribution is -2.27. The SMILES string of the molecule is CCOc1cc(/C=C2/SC(=O)N(Cc3cccc([N+](=O)[O-])c3)C2=O)c(Br)cc1OCc1ccc(Br)cc1. The molecule has 0 bridgehead atoms. The van der Waals surface area contributed by atoms with E-state index in [1.807, 2.05) is 31.2 Å². The Morgan fingerprint density at radius 1 is 1.00 bits per heavy atom. The highest BCUT2D eigenvalue weighted by Gasteiger charge is 2.35. The smallest absolute Gasteiger partial charge is 0.293 e. The van der Waals surface area contributed by atoms with Gasteiger partial charge in [0.1, 0.15) is 6.61 Å². The number of amides is 2. The number of rotatable bonds is 9. The zero-order chi connectivity index (χ0) is 26.5. The van der Waals surface area contributed by atoms with Crippen LogP contribution in [0.1, 0.15) is 23.6 Å². The summed E-state index contributed by atoms with van der Waals surface area (Å²) in [5.41, 5.74) is 2.02. The Hall–Kier alpha value is -3.15. The van der Waals surface area contributed by atoms with E-state index in [0.29, 0.717) is 40.3 Å². The number of halogens is 2. The van der Waals surface area contributed by atoms with Crippen LogP contribution < -0.4 is 9.47 Å². The van der Waals surface area contributed by atoms with Crippen molar-refractivity contribution < 1.29 is 24.0 Å². The van der Waals surface area contributed by atoms with Crippen molar-refractivity contribution in [1.29, 1.82) is 0 Å². The summed E-state index contributed by atoms with van der Waals surface area (Å²) in [5, 5.41) is 10.6. The number of ether oxygens (including phenoxy) is 2.